The number of anilines is 3. The van der Waals surface area contributed by atoms with Crippen LogP contribution in [-0.2, 0) is 6.42 Å². The molecule has 0 aliphatic heterocycles. The van der Waals surface area contributed by atoms with E-state index in [1.54, 1.807) is 6.20 Å². The summed E-state index contributed by atoms with van der Waals surface area (Å²) in [5.74, 6) is 0.672. The van der Waals surface area contributed by atoms with E-state index >= 15 is 0 Å². The summed E-state index contributed by atoms with van der Waals surface area (Å²) in [5.41, 5.74) is 12.1. The smallest absolute Gasteiger partial charge is 0.151 e. The fourth-order valence-corrected chi connectivity index (χ4v) is 3.42. The monoisotopic (exact) mass is 410 g/mol. The molecule has 4 N–H and O–H groups in total. The average Bonchev–Trinajstić information content (AvgIpc) is 3.20. The van der Waals surface area contributed by atoms with Gasteiger partial charge in [0.25, 0.3) is 0 Å². The highest BCUT2D eigenvalue weighted by atomic mass is 16.3. The van der Waals surface area contributed by atoms with Crippen LogP contribution in [0, 0.1) is 0 Å². The molecule has 4 rings (SSSR count). The molecule has 0 spiro atoms. The second-order valence-electron chi connectivity index (χ2n) is 7.50. The predicted molar refractivity (Wildman–Crippen MR) is 130 cm³/mol. The number of hydrogen-bond acceptors (Lipinski definition) is 5. The Kier molecular flexibility index (Phi) is 6.03. The molecule has 0 saturated carbocycles. The van der Waals surface area contributed by atoms with Crippen molar-refractivity contribution in [2.45, 2.75) is 19.3 Å². The van der Waals surface area contributed by atoms with Gasteiger partial charge in [-0.2, -0.15) is 0 Å². The van der Waals surface area contributed by atoms with E-state index in [2.05, 4.69) is 40.9 Å². The predicted octanol–water partition coefficient (Wildman–Crippen LogP) is 6.44. The first-order valence-electron chi connectivity index (χ1n) is 10.3. The van der Waals surface area contributed by atoms with Gasteiger partial charge in [-0.15, -0.1) is 0 Å². The Morgan fingerprint density at radius 3 is 2.68 bits per heavy atom. The third kappa shape index (κ3) is 5.14. The van der Waals surface area contributed by atoms with E-state index in [4.69, 9.17) is 10.2 Å². The van der Waals surface area contributed by atoms with Crippen molar-refractivity contribution in [1.82, 2.24) is 4.98 Å². The number of nitrogen functional groups attached to an aromatic ring is 1. The molecule has 31 heavy (non-hydrogen) atoms. The van der Waals surface area contributed by atoms with Crippen LogP contribution in [0.15, 0.2) is 96.3 Å². The number of nitrogens with one attached hydrogen (secondary N) is 2. The van der Waals surface area contributed by atoms with Crippen molar-refractivity contribution in [3.05, 3.63) is 103 Å². The number of nitrogens with zero attached hydrogens (tertiary/aromatic N) is 1. The van der Waals surface area contributed by atoms with Crippen molar-refractivity contribution >= 4 is 33.7 Å². The van der Waals surface area contributed by atoms with E-state index in [1.165, 1.54) is 5.56 Å². The van der Waals surface area contributed by atoms with Gasteiger partial charge in [0.2, 0.25) is 0 Å². The Morgan fingerprint density at radius 1 is 1.00 bits per heavy atom. The summed E-state index contributed by atoms with van der Waals surface area (Å²) >= 11 is 0. The van der Waals surface area contributed by atoms with Gasteiger partial charge in [-0.3, -0.25) is 4.98 Å². The zero-order valence-electron chi connectivity index (χ0n) is 17.4. The van der Waals surface area contributed by atoms with Gasteiger partial charge in [0.1, 0.15) is 5.58 Å². The molecule has 4 aromatic rings. The summed E-state index contributed by atoms with van der Waals surface area (Å²) in [6.07, 6.45) is 6.60. The second-order valence-corrected chi connectivity index (χ2v) is 7.50. The van der Waals surface area contributed by atoms with Crippen molar-refractivity contribution in [2.24, 2.45) is 0 Å². The van der Waals surface area contributed by atoms with Gasteiger partial charge in [-0.25, -0.2) is 0 Å². The lowest BCUT2D eigenvalue weighted by molar-refractivity contribution is 0.600. The van der Waals surface area contributed by atoms with Gasteiger partial charge in [0.15, 0.2) is 5.76 Å². The normalized spacial score (nSPS) is 10.7. The molecule has 5 heteroatoms. The van der Waals surface area contributed by atoms with E-state index in [-0.39, 0.29) is 0 Å². The molecule has 0 unspecified atom stereocenters. The van der Waals surface area contributed by atoms with E-state index < -0.39 is 0 Å². The lowest BCUT2D eigenvalue weighted by Crippen LogP contribution is -1.99. The second kappa shape index (κ2) is 9.22. The van der Waals surface area contributed by atoms with Gasteiger partial charge < -0.3 is 20.8 Å². The minimum Gasteiger partial charge on any atom is -0.455 e. The van der Waals surface area contributed by atoms with Crippen molar-refractivity contribution in [2.75, 3.05) is 16.4 Å². The maximum absolute atomic E-state index is 6.00. The average molecular weight is 411 g/mol. The maximum atomic E-state index is 6.00. The summed E-state index contributed by atoms with van der Waals surface area (Å²) in [7, 11) is 0. The van der Waals surface area contributed by atoms with Crippen molar-refractivity contribution < 1.29 is 4.42 Å². The van der Waals surface area contributed by atoms with Gasteiger partial charge in [-0.05, 0) is 67.3 Å². The first-order valence-corrected chi connectivity index (χ1v) is 10.3. The molecular weight excluding hydrogens is 384 g/mol. The Balaban J connectivity index is 1.37. The molecule has 0 atom stereocenters. The van der Waals surface area contributed by atoms with E-state index in [0.717, 1.165) is 47.3 Å². The Hall–Kier alpha value is -3.99. The Morgan fingerprint density at radius 2 is 1.87 bits per heavy atom. The fourth-order valence-electron chi connectivity index (χ4n) is 3.42. The number of aromatic nitrogens is 1. The lowest BCUT2D eigenvalue weighted by Gasteiger charge is -2.09. The van der Waals surface area contributed by atoms with Crippen molar-refractivity contribution in [3.8, 4) is 0 Å². The van der Waals surface area contributed by atoms with Gasteiger partial charge in [0, 0.05) is 29.2 Å². The standard InChI is InChI=1S/C26H26N4O/c1-18(7-5-8-20-9-6-14-28-17-20)29-22-12-13-25-21(15-22)16-26(31-25)19(2)30-24-11-4-3-10-23(24)27/h3-4,6,9-17,29-30H,1-2,5,7-8,27H2. The number of benzene rings is 2. The van der Waals surface area contributed by atoms with Gasteiger partial charge in [-0.1, -0.05) is 31.4 Å². The number of rotatable bonds is 9. The van der Waals surface area contributed by atoms with Crippen LogP contribution < -0.4 is 16.4 Å². The Labute approximate surface area is 182 Å². The minimum atomic E-state index is 0.656. The molecule has 5 nitrogen and oxygen atoms in total. The van der Waals surface area contributed by atoms with E-state index in [1.807, 2.05) is 54.7 Å². The van der Waals surface area contributed by atoms with Crippen LogP contribution in [0.4, 0.5) is 17.1 Å². The number of aryl methyl sites for hydroxylation is 1. The van der Waals surface area contributed by atoms with Crippen LogP contribution in [-0.4, -0.2) is 4.98 Å². The summed E-state index contributed by atoms with van der Waals surface area (Å²) in [6, 6.07) is 19.6. The van der Waals surface area contributed by atoms with Crippen molar-refractivity contribution in [1.29, 1.82) is 0 Å². The summed E-state index contributed by atoms with van der Waals surface area (Å²) in [5, 5.41) is 7.62. The molecule has 2 aromatic heterocycles. The molecule has 0 saturated heterocycles. The molecule has 0 radical (unpaired) electrons. The number of allylic oxidation sites excluding steroid dienone is 1. The number of pyridine rings is 1. The van der Waals surface area contributed by atoms with E-state index in [0.29, 0.717) is 17.1 Å². The highest BCUT2D eigenvalue weighted by Gasteiger charge is 2.10. The van der Waals surface area contributed by atoms with Crippen LogP contribution in [0.2, 0.25) is 0 Å². The highest BCUT2D eigenvalue weighted by molar-refractivity contribution is 5.87. The topological polar surface area (TPSA) is 76.1 Å². The minimum absolute atomic E-state index is 0.656. The molecular formula is C26H26N4O. The first-order chi connectivity index (χ1) is 15.1. The van der Waals surface area contributed by atoms with Crippen LogP contribution in [0.3, 0.4) is 0 Å². The van der Waals surface area contributed by atoms with Crippen LogP contribution >= 0.6 is 0 Å². The number of para-hydroxylation sites is 2. The molecule has 2 aromatic carbocycles. The van der Waals surface area contributed by atoms with Crippen LogP contribution in [0.1, 0.15) is 24.2 Å². The van der Waals surface area contributed by atoms with Gasteiger partial charge >= 0.3 is 0 Å². The largest absolute Gasteiger partial charge is 0.455 e. The summed E-state index contributed by atoms with van der Waals surface area (Å²) in [4.78, 5) is 4.16. The number of fused-ring (bicyclic) bond motifs is 1. The highest BCUT2D eigenvalue weighted by Crippen LogP contribution is 2.29. The Bertz CT molecular complexity index is 1210. The first kappa shape index (κ1) is 20.3. The molecule has 0 aliphatic carbocycles. The lowest BCUT2D eigenvalue weighted by atomic mass is 10.1. The molecule has 0 aliphatic rings. The summed E-state index contributed by atoms with van der Waals surface area (Å²) in [6.45, 7) is 8.26. The third-order valence-corrected chi connectivity index (χ3v) is 5.05. The number of nitrogens with two attached hydrogens (primary N) is 1. The van der Waals surface area contributed by atoms with Gasteiger partial charge in [0.05, 0.1) is 17.1 Å². The maximum Gasteiger partial charge on any atom is 0.151 e. The molecule has 0 fully saturated rings. The van der Waals surface area contributed by atoms with Crippen molar-refractivity contribution in [3.63, 3.8) is 0 Å². The van der Waals surface area contributed by atoms with E-state index in [9.17, 15) is 0 Å². The molecule has 2 heterocycles. The molecule has 156 valence electrons. The molecule has 0 amide bonds. The van der Waals surface area contributed by atoms with Crippen LogP contribution in [0.25, 0.3) is 16.7 Å². The SMILES string of the molecule is C=C(CCCc1cccnc1)Nc1ccc2oc(C(=C)Nc3ccccc3N)cc2c1. The fraction of sp³-hybridized carbons (Fsp3) is 0.115. The summed E-state index contributed by atoms with van der Waals surface area (Å²) < 4.78 is 5.96. The quantitative estimate of drug-likeness (QED) is 0.277. The number of hydrogen-bond donors (Lipinski definition) is 3. The third-order valence-electron chi connectivity index (χ3n) is 5.05. The van der Waals surface area contributed by atoms with Crippen LogP contribution in [0.5, 0.6) is 0 Å². The molecule has 0 bridgehead atoms. The number of furan rings is 1. The zero-order chi connectivity index (χ0) is 21.6. The zero-order valence-corrected chi connectivity index (χ0v) is 17.4.